The van der Waals surface area contributed by atoms with Crippen molar-refractivity contribution in [3.05, 3.63) is 29.3 Å². The number of ether oxygens (including phenoxy) is 1. The first-order valence-corrected chi connectivity index (χ1v) is 5.08. The molecular weight excluding hydrogens is 176 g/mol. The number of carbonyl (C=O) groups excluding carboxylic acids is 1. The van der Waals surface area contributed by atoms with Crippen LogP contribution in [0.5, 0.6) is 5.75 Å². The van der Waals surface area contributed by atoms with Crippen molar-refractivity contribution in [3.8, 4) is 5.75 Å². The van der Waals surface area contributed by atoms with Crippen molar-refractivity contribution in [1.29, 1.82) is 0 Å². The molecule has 2 nitrogen and oxygen atoms in total. The zero-order chi connectivity index (χ0) is 9.97. The first kappa shape index (κ1) is 9.25. The van der Waals surface area contributed by atoms with Crippen LogP contribution in [0.15, 0.2) is 18.2 Å². The highest BCUT2D eigenvalue weighted by Gasteiger charge is 2.24. The predicted octanol–water partition coefficient (Wildman–Crippen LogP) is 2.60. The van der Waals surface area contributed by atoms with Gasteiger partial charge in [-0.2, -0.15) is 0 Å². The summed E-state index contributed by atoms with van der Waals surface area (Å²) in [5, 5.41) is 0. The van der Waals surface area contributed by atoms with Gasteiger partial charge in [-0.3, -0.25) is 4.79 Å². The number of rotatable bonds is 4. The van der Waals surface area contributed by atoms with Gasteiger partial charge in [-0.05, 0) is 43.0 Å². The lowest BCUT2D eigenvalue weighted by atomic mass is 10.1. The molecule has 1 aliphatic rings. The van der Waals surface area contributed by atoms with E-state index in [4.69, 9.17) is 4.74 Å². The van der Waals surface area contributed by atoms with E-state index in [0.29, 0.717) is 6.10 Å². The van der Waals surface area contributed by atoms with Gasteiger partial charge in [-0.15, -0.1) is 0 Å². The Bertz CT molecular complexity index is 340. The standard InChI is InChI=1S/C12H14O2/c1-2-10-7-9(8-13)3-6-12(10)14-11-4-5-11/h3,6-8,11H,2,4-5H2,1H3. The van der Waals surface area contributed by atoms with E-state index < -0.39 is 0 Å². The van der Waals surface area contributed by atoms with Crippen LogP contribution in [0.4, 0.5) is 0 Å². The largest absolute Gasteiger partial charge is 0.490 e. The number of hydrogen-bond acceptors (Lipinski definition) is 2. The summed E-state index contributed by atoms with van der Waals surface area (Å²) < 4.78 is 5.73. The van der Waals surface area contributed by atoms with Gasteiger partial charge in [0.1, 0.15) is 12.0 Å². The first-order chi connectivity index (χ1) is 6.83. The van der Waals surface area contributed by atoms with Crippen molar-refractivity contribution in [1.82, 2.24) is 0 Å². The number of hydrogen-bond donors (Lipinski definition) is 0. The second-order valence-corrected chi connectivity index (χ2v) is 3.66. The lowest BCUT2D eigenvalue weighted by molar-refractivity contribution is 0.112. The summed E-state index contributed by atoms with van der Waals surface area (Å²) in [4.78, 5) is 10.6. The third-order valence-electron chi connectivity index (χ3n) is 2.42. The van der Waals surface area contributed by atoms with Crippen LogP contribution in [0.25, 0.3) is 0 Å². The Balaban J connectivity index is 2.23. The molecule has 1 fully saturated rings. The van der Waals surface area contributed by atoms with Gasteiger partial charge < -0.3 is 4.74 Å². The zero-order valence-electron chi connectivity index (χ0n) is 8.32. The van der Waals surface area contributed by atoms with E-state index in [2.05, 4.69) is 6.92 Å². The topological polar surface area (TPSA) is 26.3 Å². The molecule has 0 heterocycles. The minimum Gasteiger partial charge on any atom is -0.490 e. The Morgan fingerprint density at radius 1 is 1.50 bits per heavy atom. The molecule has 0 spiro atoms. The van der Waals surface area contributed by atoms with E-state index in [1.165, 1.54) is 12.8 Å². The third kappa shape index (κ3) is 1.95. The van der Waals surface area contributed by atoms with Gasteiger partial charge in [0.2, 0.25) is 0 Å². The Morgan fingerprint density at radius 2 is 2.29 bits per heavy atom. The van der Waals surface area contributed by atoms with Crippen LogP contribution in [-0.2, 0) is 6.42 Å². The molecule has 0 radical (unpaired) electrons. The third-order valence-corrected chi connectivity index (χ3v) is 2.42. The van der Waals surface area contributed by atoms with Crippen LogP contribution in [0.2, 0.25) is 0 Å². The summed E-state index contributed by atoms with van der Waals surface area (Å²) in [6.45, 7) is 2.07. The maximum atomic E-state index is 10.6. The number of carbonyl (C=O) groups is 1. The van der Waals surface area contributed by atoms with Gasteiger partial charge >= 0.3 is 0 Å². The van der Waals surface area contributed by atoms with Crippen LogP contribution in [-0.4, -0.2) is 12.4 Å². The van der Waals surface area contributed by atoms with E-state index in [9.17, 15) is 4.79 Å². The zero-order valence-corrected chi connectivity index (χ0v) is 8.32. The van der Waals surface area contributed by atoms with Gasteiger partial charge in [-0.25, -0.2) is 0 Å². The average molecular weight is 190 g/mol. The molecule has 0 aliphatic heterocycles. The number of aldehydes is 1. The van der Waals surface area contributed by atoms with Gasteiger partial charge in [-0.1, -0.05) is 6.92 Å². The molecule has 0 bridgehead atoms. The summed E-state index contributed by atoms with van der Waals surface area (Å²) in [5.41, 5.74) is 1.85. The molecule has 2 heteroatoms. The summed E-state index contributed by atoms with van der Waals surface area (Å²) >= 11 is 0. The SMILES string of the molecule is CCc1cc(C=O)ccc1OC1CC1. The fourth-order valence-electron chi connectivity index (χ4n) is 1.43. The first-order valence-electron chi connectivity index (χ1n) is 5.08. The molecule has 74 valence electrons. The molecule has 1 aromatic rings. The number of aryl methyl sites for hydroxylation is 1. The van der Waals surface area contributed by atoms with Crippen LogP contribution in [0, 0.1) is 0 Å². The highest BCUT2D eigenvalue weighted by molar-refractivity contribution is 5.75. The van der Waals surface area contributed by atoms with Gasteiger partial charge in [0.25, 0.3) is 0 Å². The molecule has 0 saturated heterocycles. The van der Waals surface area contributed by atoms with Crippen molar-refractivity contribution >= 4 is 6.29 Å². The fourth-order valence-corrected chi connectivity index (χ4v) is 1.43. The molecule has 0 atom stereocenters. The number of benzene rings is 1. The van der Waals surface area contributed by atoms with Gasteiger partial charge in [0.05, 0.1) is 6.10 Å². The van der Waals surface area contributed by atoms with Gasteiger partial charge in [0, 0.05) is 5.56 Å². The Labute approximate surface area is 83.9 Å². The minimum atomic E-state index is 0.419. The maximum Gasteiger partial charge on any atom is 0.150 e. The van der Waals surface area contributed by atoms with E-state index in [1.807, 2.05) is 18.2 Å². The summed E-state index contributed by atoms with van der Waals surface area (Å²) in [7, 11) is 0. The van der Waals surface area contributed by atoms with Crippen molar-refractivity contribution in [2.45, 2.75) is 32.3 Å². The Morgan fingerprint density at radius 3 is 2.86 bits per heavy atom. The van der Waals surface area contributed by atoms with Crippen LogP contribution < -0.4 is 4.74 Å². The van der Waals surface area contributed by atoms with E-state index >= 15 is 0 Å². The second kappa shape index (κ2) is 3.82. The molecule has 1 aromatic carbocycles. The molecule has 14 heavy (non-hydrogen) atoms. The normalized spacial score (nSPS) is 15.2. The molecular formula is C12H14O2. The Hall–Kier alpha value is -1.31. The molecule has 2 rings (SSSR count). The Kier molecular flexibility index (Phi) is 2.53. The lowest BCUT2D eigenvalue weighted by Crippen LogP contribution is -1.99. The molecule has 1 aliphatic carbocycles. The minimum absolute atomic E-state index is 0.419. The van der Waals surface area contributed by atoms with Crippen LogP contribution >= 0.6 is 0 Å². The summed E-state index contributed by atoms with van der Waals surface area (Å²) in [5.74, 6) is 0.945. The van der Waals surface area contributed by atoms with Crippen molar-refractivity contribution in [2.75, 3.05) is 0 Å². The van der Waals surface area contributed by atoms with E-state index in [1.54, 1.807) is 0 Å². The van der Waals surface area contributed by atoms with Crippen LogP contribution in [0.3, 0.4) is 0 Å². The molecule has 1 saturated carbocycles. The summed E-state index contributed by atoms with van der Waals surface area (Å²) in [6.07, 6.45) is 4.53. The van der Waals surface area contributed by atoms with E-state index in [-0.39, 0.29) is 0 Å². The van der Waals surface area contributed by atoms with Gasteiger partial charge in [0.15, 0.2) is 0 Å². The quantitative estimate of drug-likeness (QED) is 0.682. The molecule has 0 aromatic heterocycles. The van der Waals surface area contributed by atoms with Crippen molar-refractivity contribution in [3.63, 3.8) is 0 Å². The highest BCUT2D eigenvalue weighted by Crippen LogP contribution is 2.29. The molecule has 0 amide bonds. The van der Waals surface area contributed by atoms with E-state index in [0.717, 1.165) is 29.6 Å². The maximum absolute atomic E-state index is 10.6. The predicted molar refractivity (Wildman–Crippen MR) is 54.9 cm³/mol. The van der Waals surface area contributed by atoms with Crippen molar-refractivity contribution in [2.24, 2.45) is 0 Å². The van der Waals surface area contributed by atoms with Crippen LogP contribution in [0.1, 0.15) is 35.7 Å². The summed E-state index contributed by atoms with van der Waals surface area (Å²) in [6, 6.07) is 5.62. The lowest BCUT2D eigenvalue weighted by Gasteiger charge is -2.09. The fraction of sp³-hybridized carbons (Fsp3) is 0.417. The highest BCUT2D eigenvalue weighted by atomic mass is 16.5. The monoisotopic (exact) mass is 190 g/mol. The van der Waals surface area contributed by atoms with Crippen molar-refractivity contribution < 1.29 is 9.53 Å². The second-order valence-electron chi connectivity index (χ2n) is 3.66. The molecule has 0 N–H and O–H groups in total. The average Bonchev–Trinajstić information content (AvgIpc) is 3.02. The molecule has 0 unspecified atom stereocenters. The smallest absolute Gasteiger partial charge is 0.150 e.